The third kappa shape index (κ3) is 4.28. The molecule has 0 radical (unpaired) electrons. The number of benzene rings is 1. The molecule has 5 heteroatoms. The highest BCUT2D eigenvalue weighted by molar-refractivity contribution is 5.92. The summed E-state index contributed by atoms with van der Waals surface area (Å²) in [6, 6.07) is 10.6. The van der Waals surface area contributed by atoms with Crippen molar-refractivity contribution < 1.29 is 9.18 Å². The molecule has 138 valence electrons. The summed E-state index contributed by atoms with van der Waals surface area (Å²) < 4.78 is 13.6. The van der Waals surface area contributed by atoms with Crippen molar-refractivity contribution in [2.24, 2.45) is 0 Å². The quantitative estimate of drug-likeness (QED) is 0.836. The second-order valence-electron chi connectivity index (χ2n) is 7.07. The van der Waals surface area contributed by atoms with Gasteiger partial charge < -0.3 is 4.90 Å². The predicted octanol–water partition coefficient (Wildman–Crippen LogP) is 3.86. The zero-order chi connectivity index (χ0) is 18.7. The minimum atomic E-state index is -0.312. The summed E-state index contributed by atoms with van der Waals surface area (Å²) in [6.07, 6.45) is 1.77. The maximum absolute atomic E-state index is 13.6. The second-order valence-corrected chi connectivity index (χ2v) is 7.07. The number of hydrogen-bond acceptors (Lipinski definition) is 3. The van der Waals surface area contributed by atoms with Crippen LogP contribution in [0.25, 0.3) is 0 Å². The summed E-state index contributed by atoms with van der Waals surface area (Å²) in [5, 5.41) is 0. The number of amides is 1. The molecule has 1 amide bonds. The van der Waals surface area contributed by atoms with Gasteiger partial charge in [0.1, 0.15) is 5.82 Å². The number of halogens is 1. The van der Waals surface area contributed by atoms with Gasteiger partial charge in [0.2, 0.25) is 5.91 Å². The molecule has 0 bridgehead atoms. The number of pyridine rings is 1. The largest absolute Gasteiger partial charge is 0.309 e. The van der Waals surface area contributed by atoms with Gasteiger partial charge in [0.15, 0.2) is 0 Å². The number of carbonyl (C=O) groups excluding carboxylic acids is 1. The van der Waals surface area contributed by atoms with E-state index in [1.165, 1.54) is 17.7 Å². The summed E-state index contributed by atoms with van der Waals surface area (Å²) in [7, 11) is 0. The maximum atomic E-state index is 13.6. The third-order valence-corrected chi connectivity index (χ3v) is 5.08. The van der Waals surface area contributed by atoms with Crippen LogP contribution in [0.1, 0.15) is 36.7 Å². The molecule has 2 aromatic rings. The fourth-order valence-electron chi connectivity index (χ4n) is 3.73. The number of piperidine rings is 1. The molecule has 26 heavy (non-hydrogen) atoms. The van der Waals surface area contributed by atoms with E-state index in [1.807, 2.05) is 6.92 Å². The Balaban J connectivity index is 1.65. The Morgan fingerprint density at radius 3 is 2.58 bits per heavy atom. The predicted molar refractivity (Wildman–Crippen MR) is 102 cm³/mol. The first-order chi connectivity index (χ1) is 12.4. The zero-order valence-corrected chi connectivity index (χ0v) is 15.7. The Morgan fingerprint density at radius 1 is 1.23 bits per heavy atom. The van der Waals surface area contributed by atoms with Crippen molar-refractivity contribution in [2.45, 2.75) is 46.2 Å². The van der Waals surface area contributed by atoms with Gasteiger partial charge in [-0.2, -0.15) is 0 Å². The lowest BCUT2D eigenvalue weighted by molar-refractivity contribution is -0.117. The van der Waals surface area contributed by atoms with Crippen molar-refractivity contribution in [1.82, 2.24) is 9.88 Å². The number of anilines is 1. The van der Waals surface area contributed by atoms with Crippen LogP contribution in [0.3, 0.4) is 0 Å². The van der Waals surface area contributed by atoms with Gasteiger partial charge >= 0.3 is 0 Å². The van der Waals surface area contributed by atoms with E-state index in [0.717, 1.165) is 43.9 Å². The fourth-order valence-corrected chi connectivity index (χ4v) is 3.73. The molecule has 3 rings (SSSR count). The Hall–Kier alpha value is -2.27. The van der Waals surface area contributed by atoms with E-state index in [1.54, 1.807) is 24.0 Å². The smallest absolute Gasteiger partial charge is 0.224 e. The van der Waals surface area contributed by atoms with E-state index in [0.29, 0.717) is 5.69 Å². The average molecular weight is 355 g/mol. The number of hydrogen-bond donors (Lipinski definition) is 0. The topological polar surface area (TPSA) is 36.4 Å². The lowest BCUT2D eigenvalue weighted by Crippen LogP contribution is -2.46. The van der Waals surface area contributed by atoms with Gasteiger partial charge in [0.05, 0.1) is 0 Å². The molecule has 1 aromatic heterocycles. The normalized spacial score (nSPS) is 15.8. The van der Waals surface area contributed by atoms with Crippen LogP contribution in [0.15, 0.2) is 36.4 Å². The first-order valence-corrected chi connectivity index (χ1v) is 9.15. The van der Waals surface area contributed by atoms with Crippen LogP contribution in [0.2, 0.25) is 0 Å². The standard InChI is InChI=1S/C21H26FN3O/c1-15-7-8-18(16(2)23-15)14-24-11-9-20(10-12-24)25(17(3)26)21-6-4-5-19(22)13-21/h4-8,13,20H,9-12,14H2,1-3H3. The van der Waals surface area contributed by atoms with Crippen LogP contribution < -0.4 is 4.90 Å². The molecule has 0 spiro atoms. The highest BCUT2D eigenvalue weighted by Gasteiger charge is 2.27. The van der Waals surface area contributed by atoms with Gasteiger partial charge in [-0.25, -0.2) is 4.39 Å². The van der Waals surface area contributed by atoms with Crippen LogP contribution in [0.4, 0.5) is 10.1 Å². The molecule has 0 aliphatic carbocycles. The number of nitrogens with zero attached hydrogens (tertiary/aromatic N) is 3. The molecule has 1 aliphatic heterocycles. The zero-order valence-electron chi connectivity index (χ0n) is 15.7. The number of rotatable bonds is 4. The summed E-state index contributed by atoms with van der Waals surface area (Å²) >= 11 is 0. The van der Waals surface area contributed by atoms with Gasteiger partial charge in [0, 0.05) is 49.7 Å². The highest BCUT2D eigenvalue weighted by Crippen LogP contribution is 2.25. The van der Waals surface area contributed by atoms with E-state index >= 15 is 0 Å². The van der Waals surface area contributed by atoms with Gasteiger partial charge in [-0.1, -0.05) is 12.1 Å². The minimum absolute atomic E-state index is 0.0346. The molecular weight excluding hydrogens is 329 g/mol. The minimum Gasteiger partial charge on any atom is -0.309 e. The molecule has 0 atom stereocenters. The maximum Gasteiger partial charge on any atom is 0.224 e. The van der Waals surface area contributed by atoms with Crippen molar-refractivity contribution in [2.75, 3.05) is 18.0 Å². The van der Waals surface area contributed by atoms with Gasteiger partial charge in [0.25, 0.3) is 0 Å². The van der Waals surface area contributed by atoms with E-state index in [-0.39, 0.29) is 17.8 Å². The Kier molecular flexibility index (Phi) is 5.67. The first kappa shape index (κ1) is 18.5. The molecule has 0 N–H and O–H groups in total. The van der Waals surface area contributed by atoms with Crippen LogP contribution >= 0.6 is 0 Å². The second kappa shape index (κ2) is 7.96. The molecular formula is C21H26FN3O. The Bertz CT molecular complexity index is 785. The average Bonchev–Trinajstić information content (AvgIpc) is 2.59. The van der Waals surface area contributed by atoms with Crippen molar-refractivity contribution in [1.29, 1.82) is 0 Å². The third-order valence-electron chi connectivity index (χ3n) is 5.08. The van der Waals surface area contributed by atoms with Crippen molar-refractivity contribution in [3.8, 4) is 0 Å². The SMILES string of the molecule is CC(=O)N(c1cccc(F)c1)C1CCN(Cc2ccc(C)nc2C)CC1. The van der Waals surface area contributed by atoms with Crippen LogP contribution in [-0.4, -0.2) is 34.9 Å². The lowest BCUT2D eigenvalue weighted by Gasteiger charge is -2.38. The fraction of sp³-hybridized carbons (Fsp3) is 0.429. The molecule has 1 aromatic carbocycles. The molecule has 1 aliphatic rings. The monoisotopic (exact) mass is 355 g/mol. The van der Waals surface area contributed by atoms with Gasteiger partial charge in [-0.15, -0.1) is 0 Å². The Labute approximate surface area is 154 Å². The van der Waals surface area contributed by atoms with Crippen molar-refractivity contribution >= 4 is 11.6 Å². The van der Waals surface area contributed by atoms with E-state index in [9.17, 15) is 9.18 Å². The summed E-state index contributed by atoms with van der Waals surface area (Å²) in [4.78, 5) is 20.9. The molecule has 0 saturated carbocycles. The molecule has 2 heterocycles. The summed E-state index contributed by atoms with van der Waals surface area (Å²) in [6.45, 7) is 8.32. The number of carbonyl (C=O) groups is 1. The number of aryl methyl sites for hydroxylation is 2. The number of likely N-dealkylation sites (tertiary alicyclic amines) is 1. The van der Waals surface area contributed by atoms with Gasteiger partial charge in [-0.3, -0.25) is 14.7 Å². The van der Waals surface area contributed by atoms with Crippen LogP contribution in [-0.2, 0) is 11.3 Å². The Morgan fingerprint density at radius 2 is 1.96 bits per heavy atom. The molecule has 4 nitrogen and oxygen atoms in total. The highest BCUT2D eigenvalue weighted by atomic mass is 19.1. The molecule has 1 fully saturated rings. The van der Waals surface area contributed by atoms with E-state index in [2.05, 4.69) is 28.9 Å². The summed E-state index contributed by atoms with van der Waals surface area (Å²) in [5.41, 5.74) is 4.02. The van der Waals surface area contributed by atoms with Gasteiger partial charge in [-0.05, 0) is 56.5 Å². The number of aromatic nitrogens is 1. The first-order valence-electron chi connectivity index (χ1n) is 9.15. The molecule has 0 unspecified atom stereocenters. The van der Waals surface area contributed by atoms with E-state index in [4.69, 9.17) is 0 Å². The summed E-state index contributed by atoms with van der Waals surface area (Å²) in [5.74, 6) is -0.346. The molecule has 1 saturated heterocycles. The van der Waals surface area contributed by atoms with Crippen molar-refractivity contribution in [3.63, 3.8) is 0 Å². The van der Waals surface area contributed by atoms with Crippen LogP contribution in [0, 0.1) is 19.7 Å². The van der Waals surface area contributed by atoms with Crippen molar-refractivity contribution in [3.05, 3.63) is 59.2 Å². The lowest BCUT2D eigenvalue weighted by atomic mass is 10.0. The van der Waals surface area contributed by atoms with E-state index < -0.39 is 0 Å². The van der Waals surface area contributed by atoms with Crippen LogP contribution in [0.5, 0.6) is 0 Å².